The first-order valence-electron chi connectivity index (χ1n) is 14.7. The highest BCUT2D eigenvalue weighted by Gasteiger charge is 2.58. The van der Waals surface area contributed by atoms with E-state index in [1.54, 1.807) is 91.9 Å². The van der Waals surface area contributed by atoms with Crippen LogP contribution in [0.3, 0.4) is 0 Å². The standard InChI is InChI=1S/C35H30N2O8S2/c1-23-17-19-27(20-18-23)47(42,43)45-28-22-46(41)34-30(36-29(38)21-24-11-5-2-6-12-24)33(39)37(34)31(28)35(40)44-32(25-13-7-3-8-14-25)26-15-9-4-10-16-26/h2-20,30,32,34H,21-22H2,1H3,(H,36,38)/t30-,34+,46?/m1/s1. The zero-order chi connectivity index (χ0) is 33.1. The molecule has 2 aliphatic heterocycles. The summed E-state index contributed by atoms with van der Waals surface area (Å²) < 4.78 is 51.8. The highest BCUT2D eigenvalue weighted by Crippen LogP contribution is 2.38. The highest BCUT2D eigenvalue weighted by atomic mass is 32.2. The van der Waals surface area contributed by atoms with Crippen molar-refractivity contribution in [1.82, 2.24) is 10.2 Å². The van der Waals surface area contributed by atoms with Gasteiger partial charge in [-0.3, -0.25) is 18.7 Å². The first-order chi connectivity index (χ1) is 22.6. The number of fused-ring (bicyclic) bond motifs is 1. The second-order valence-electron chi connectivity index (χ2n) is 11.1. The number of esters is 1. The van der Waals surface area contributed by atoms with Gasteiger partial charge >= 0.3 is 16.1 Å². The summed E-state index contributed by atoms with van der Waals surface area (Å²) in [6.45, 7) is 1.79. The van der Waals surface area contributed by atoms with Gasteiger partial charge in [0.25, 0.3) is 5.91 Å². The Morgan fingerprint density at radius 3 is 2.00 bits per heavy atom. The van der Waals surface area contributed by atoms with Crippen LogP contribution in [-0.4, -0.2) is 52.5 Å². The molecule has 4 aromatic rings. The van der Waals surface area contributed by atoms with E-state index >= 15 is 0 Å². The number of nitrogens with one attached hydrogen (secondary N) is 1. The average molecular weight is 671 g/mol. The molecule has 1 N–H and O–H groups in total. The molecule has 240 valence electrons. The number of rotatable bonds is 10. The van der Waals surface area contributed by atoms with Crippen LogP contribution in [-0.2, 0) is 50.6 Å². The third-order valence-corrected chi connectivity index (χ3v) is 10.6. The number of aryl methyl sites for hydroxylation is 1. The molecule has 12 heteroatoms. The van der Waals surface area contributed by atoms with Crippen LogP contribution < -0.4 is 5.32 Å². The number of nitrogens with zero attached hydrogens (tertiary/aromatic N) is 1. The Kier molecular flexibility index (Phi) is 9.06. The first kappa shape index (κ1) is 31.9. The van der Waals surface area contributed by atoms with Crippen LogP contribution in [0.2, 0.25) is 0 Å². The number of benzene rings is 4. The maximum Gasteiger partial charge on any atom is 0.359 e. The van der Waals surface area contributed by atoms with Crippen molar-refractivity contribution in [2.45, 2.75) is 35.8 Å². The van der Waals surface area contributed by atoms with E-state index in [2.05, 4.69) is 5.32 Å². The second-order valence-corrected chi connectivity index (χ2v) is 14.1. The first-order valence-corrected chi connectivity index (χ1v) is 17.5. The summed E-state index contributed by atoms with van der Waals surface area (Å²) in [5.41, 5.74) is 2.29. The van der Waals surface area contributed by atoms with Crippen molar-refractivity contribution in [3.63, 3.8) is 0 Å². The monoisotopic (exact) mass is 670 g/mol. The average Bonchev–Trinajstić information content (AvgIpc) is 3.07. The van der Waals surface area contributed by atoms with E-state index in [-0.39, 0.29) is 11.3 Å². The molecule has 2 aliphatic rings. The molecule has 0 aliphatic carbocycles. The van der Waals surface area contributed by atoms with Gasteiger partial charge in [0, 0.05) is 0 Å². The quantitative estimate of drug-likeness (QED) is 0.153. The largest absolute Gasteiger partial charge is 0.448 e. The highest BCUT2D eigenvalue weighted by molar-refractivity contribution is 7.87. The maximum atomic E-state index is 14.1. The van der Waals surface area contributed by atoms with Crippen LogP contribution in [0.15, 0.2) is 132 Å². The SMILES string of the molecule is Cc1ccc(S(=O)(=O)OC2=C(C(=O)OC(c3ccccc3)c3ccccc3)N3C(=O)[C@@H](NC(=O)Cc4ccccc4)[C@@H]3S(=O)C2)cc1. The van der Waals surface area contributed by atoms with Crippen LogP contribution in [0.4, 0.5) is 0 Å². The van der Waals surface area contributed by atoms with Gasteiger partial charge in [-0.05, 0) is 35.7 Å². The number of amides is 2. The summed E-state index contributed by atoms with van der Waals surface area (Å²) in [4.78, 5) is 41.3. The van der Waals surface area contributed by atoms with Crippen molar-refractivity contribution < 1.29 is 35.9 Å². The minimum atomic E-state index is -4.51. The van der Waals surface area contributed by atoms with Gasteiger partial charge in [0.1, 0.15) is 16.3 Å². The van der Waals surface area contributed by atoms with Crippen molar-refractivity contribution in [1.29, 1.82) is 0 Å². The van der Waals surface area contributed by atoms with Crippen molar-refractivity contribution in [2.24, 2.45) is 0 Å². The lowest BCUT2D eigenvalue weighted by molar-refractivity contribution is -0.155. The van der Waals surface area contributed by atoms with Gasteiger partial charge in [0.15, 0.2) is 17.6 Å². The molecule has 47 heavy (non-hydrogen) atoms. The molecule has 3 atom stereocenters. The molecule has 0 spiro atoms. The number of carbonyl (C=O) groups excluding carboxylic acids is 3. The lowest BCUT2D eigenvalue weighted by atomic mass is 10.0. The minimum Gasteiger partial charge on any atom is -0.448 e. The molecule has 10 nitrogen and oxygen atoms in total. The fraction of sp³-hybridized carbons (Fsp3) is 0.171. The summed E-state index contributed by atoms with van der Waals surface area (Å²) in [5.74, 6) is -3.29. The van der Waals surface area contributed by atoms with E-state index in [9.17, 15) is 27.0 Å². The third kappa shape index (κ3) is 6.74. The lowest BCUT2D eigenvalue weighted by Crippen LogP contribution is -2.73. The number of ether oxygens (including phenoxy) is 1. The molecule has 0 saturated carbocycles. The van der Waals surface area contributed by atoms with Crippen molar-refractivity contribution in [3.05, 3.63) is 149 Å². The zero-order valence-electron chi connectivity index (χ0n) is 25.1. The van der Waals surface area contributed by atoms with Gasteiger partial charge < -0.3 is 14.2 Å². The summed E-state index contributed by atoms with van der Waals surface area (Å²) in [6, 6.07) is 31.4. The summed E-state index contributed by atoms with van der Waals surface area (Å²) in [7, 11) is -6.46. The van der Waals surface area contributed by atoms with Crippen LogP contribution in [0.25, 0.3) is 0 Å². The Morgan fingerprint density at radius 2 is 1.43 bits per heavy atom. The van der Waals surface area contributed by atoms with Gasteiger partial charge in [-0.15, -0.1) is 0 Å². The van der Waals surface area contributed by atoms with E-state index in [1.165, 1.54) is 12.1 Å². The smallest absolute Gasteiger partial charge is 0.359 e. The number of β-lactam (4-membered cyclic amide) rings is 1. The van der Waals surface area contributed by atoms with Crippen molar-refractivity contribution in [2.75, 3.05) is 5.75 Å². The van der Waals surface area contributed by atoms with E-state index in [0.717, 1.165) is 10.5 Å². The van der Waals surface area contributed by atoms with Gasteiger partial charge in [0.2, 0.25) is 5.91 Å². The Morgan fingerprint density at radius 1 is 0.872 bits per heavy atom. The molecule has 0 bridgehead atoms. The third-order valence-electron chi connectivity index (χ3n) is 7.76. The Balaban J connectivity index is 1.35. The Labute approximate surface area is 274 Å². The molecule has 0 aromatic heterocycles. The van der Waals surface area contributed by atoms with E-state index < -0.39 is 73.4 Å². The van der Waals surface area contributed by atoms with Crippen molar-refractivity contribution >= 4 is 38.7 Å². The summed E-state index contributed by atoms with van der Waals surface area (Å²) in [6.07, 6.45) is -0.954. The molecule has 4 aromatic carbocycles. The van der Waals surface area contributed by atoms with Gasteiger partial charge in [-0.2, -0.15) is 8.42 Å². The summed E-state index contributed by atoms with van der Waals surface area (Å²) in [5, 5.41) is 1.49. The van der Waals surface area contributed by atoms with E-state index in [4.69, 9.17) is 8.92 Å². The summed E-state index contributed by atoms with van der Waals surface area (Å²) >= 11 is 0. The molecule has 2 heterocycles. The molecule has 0 radical (unpaired) electrons. The van der Waals surface area contributed by atoms with Crippen LogP contribution >= 0.6 is 0 Å². The van der Waals surface area contributed by atoms with Crippen LogP contribution in [0.1, 0.15) is 28.4 Å². The zero-order valence-corrected chi connectivity index (χ0v) is 26.8. The molecular weight excluding hydrogens is 641 g/mol. The molecule has 1 fully saturated rings. The minimum absolute atomic E-state index is 0.0201. The van der Waals surface area contributed by atoms with Gasteiger partial charge in [0.05, 0.1) is 23.0 Å². The normalized spacial score (nSPS) is 19.1. The van der Waals surface area contributed by atoms with Crippen LogP contribution in [0, 0.1) is 6.92 Å². The molecule has 6 rings (SSSR count). The Bertz CT molecular complexity index is 1930. The fourth-order valence-corrected chi connectivity index (χ4v) is 8.04. The lowest BCUT2D eigenvalue weighted by Gasteiger charge is -2.48. The molecular formula is C35H30N2O8S2. The predicted octanol–water partition coefficient (Wildman–Crippen LogP) is 3.90. The second kappa shape index (κ2) is 13.3. The fourth-order valence-electron chi connectivity index (χ4n) is 5.44. The van der Waals surface area contributed by atoms with Crippen molar-refractivity contribution in [3.8, 4) is 0 Å². The topological polar surface area (TPSA) is 136 Å². The predicted molar refractivity (Wildman–Crippen MR) is 173 cm³/mol. The molecule has 2 amide bonds. The van der Waals surface area contributed by atoms with Gasteiger partial charge in [-0.25, -0.2) is 4.79 Å². The Hall–Kier alpha value is -5.07. The number of carbonyl (C=O) groups is 3. The molecule has 1 unspecified atom stereocenters. The maximum absolute atomic E-state index is 14.1. The van der Waals surface area contributed by atoms with Crippen LogP contribution in [0.5, 0.6) is 0 Å². The van der Waals surface area contributed by atoms with Gasteiger partial charge in [-0.1, -0.05) is 109 Å². The number of hydrogen-bond acceptors (Lipinski definition) is 8. The van der Waals surface area contributed by atoms with E-state index in [1.807, 2.05) is 18.2 Å². The molecule has 1 saturated heterocycles. The van der Waals surface area contributed by atoms with E-state index in [0.29, 0.717) is 16.7 Å². The number of hydrogen-bond donors (Lipinski definition) is 1.